The highest BCUT2D eigenvalue weighted by Gasteiger charge is 2.43. The zero-order valence-corrected chi connectivity index (χ0v) is 11.4. The van der Waals surface area contributed by atoms with E-state index >= 15 is 0 Å². The molecule has 1 saturated heterocycles. The van der Waals surface area contributed by atoms with Crippen LogP contribution in [0, 0.1) is 5.41 Å². The van der Waals surface area contributed by atoms with Crippen LogP contribution in [0.1, 0.15) is 32.1 Å². The van der Waals surface area contributed by atoms with E-state index in [2.05, 4.69) is 5.43 Å². The van der Waals surface area contributed by atoms with Gasteiger partial charge in [0, 0.05) is 13.1 Å². The van der Waals surface area contributed by atoms with Crippen molar-refractivity contribution in [3.05, 3.63) is 0 Å². The fourth-order valence-electron chi connectivity index (χ4n) is 2.67. The normalized spacial score (nSPS) is 24.4. The number of hydrogen-bond donors (Lipinski definition) is 2. The summed E-state index contributed by atoms with van der Waals surface area (Å²) in [5, 5.41) is 1.90. The third-order valence-corrected chi connectivity index (χ3v) is 4.27. The first-order valence-corrected chi connectivity index (χ1v) is 7.00. The van der Waals surface area contributed by atoms with Gasteiger partial charge in [0.15, 0.2) is 0 Å². The Balaban J connectivity index is 2.01. The van der Waals surface area contributed by atoms with Gasteiger partial charge >= 0.3 is 0 Å². The van der Waals surface area contributed by atoms with Gasteiger partial charge in [0.05, 0.1) is 18.2 Å². The molecule has 1 amide bonds. The molecule has 0 radical (unpaired) electrons. The second-order valence-electron chi connectivity index (χ2n) is 5.05. The Morgan fingerprint density at radius 3 is 2.39 bits per heavy atom. The Morgan fingerprint density at radius 1 is 1.22 bits per heavy atom. The number of hydrazine groups is 1. The average molecular weight is 271 g/mol. The molecule has 18 heavy (non-hydrogen) atoms. The predicted octanol–water partition coefficient (Wildman–Crippen LogP) is 0.586. The molecule has 5 nitrogen and oxygen atoms in total. The Bertz CT molecular complexity index is 323. The Morgan fingerprint density at radius 2 is 1.83 bits per heavy atom. The van der Waals surface area contributed by atoms with Gasteiger partial charge in [-0.25, -0.2) is 5.01 Å². The standard InChI is InChI=1S/C12H21N3O2S/c13-10(18)12(4-2-1-3-5-12)11(16)14-15-6-8-17-9-7-15/h1-9H2,(H2,13,18)(H,14,16). The van der Waals surface area contributed by atoms with Gasteiger partial charge in [-0.3, -0.25) is 10.2 Å². The first-order valence-electron chi connectivity index (χ1n) is 6.59. The van der Waals surface area contributed by atoms with Crippen LogP contribution >= 0.6 is 12.2 Å². The molecular weight excluding hydrogens is 250 g/mol. The highest BCUT2D eigenvalue weighted by Crippen LogP contribution is 2.37. The van der Waals surface area contributed by atoms with Gasteiger partial charge in [-0.05, 0) is 12.8 Å². The molecule has 1 aliphatic heterocycles. The lowest BCUT2D eigenvalue weighted by atomic mass is 9.73. The second kappa shape index (κ2) is 5.95. The summed E-state index contributed by atoms with van der Waals surface area (Å²) in [4.78, 5) is 12.8. The summed E-state index contributed by atoms with van der Waals surface area (Å²) < 4.78 is 5.26. The molecule has 6 heteroatoms. The molecule has 0 spiro atoms. The van der Waals surface area contributed by atoms with Crippen LogP contribution in [0.5, 0.6) is 0 Å². The highest BCUT2D eigenvalue weighted by molar-refractivity contribution is 7.80. The minimum absolute atomic E-state index is 0.0309. The molecule has 2 rings (SSSR count). The Hall–Kier alpha value is -0.720. The molecular formula is C12H21N3O2S. The average Bonchev–Trinajstić information content (AvgIpc) is 2.40. The van der Waals surface area contributed by atoms with E-state index in [0.29, 0.717) is 18.2 Å². The largest absolute Gasteiger partial charge is 0.392 e. The van der Waals surface area contributed by atoms with E-state index in [0.717, 1.165) is 45.2 Å². The molecule has 0 aromatic rings. The lowest BCUT2D eigenvalue weighted by Crippen LogP contribution is -2.57. The summed E-state index contributed by atoms with van der Waals surface area (Å²) >= 11 is 5.15. The molecule has 0 atom stereocenters. The fraction of sp³-hybridized carbons (Fsp3) is 0.833. The van der Waals surface area contributed by atoms with Gasteiger partial charge in [-0.1, -0.05) is 31.5 Å². The number of ether oxygens (including phenoxy) is 1. The summed E-state index contributed by atoms with van der Waals surface area (Å²) in [5.74, 6) is -0.0309. The fourth-order valence-corrected chi connectivity index (χ4v) is 2.96. The van der Waals surface area contributed by atoms with E-state index in [1.54, 1.807) is 0 Å². The van der Waals surface area contributed by atoms with Gasteiger partial charge in [-0.2, -0.15) is 0 Å². The molecule has 0 unspecified atom stereocenters. The van der Waals surface area contributed by atoms with E-state index in [-0.39, 0.29) is 5.91 Å². The number of morpholine rings is 1. The van der Waals surface area contributed by atoms with Crippen molar-refractivity contribution in [1.82, 2.24) is 10.4 Å². The molecule has 1 heterocycles. The van der Waals surface area contributed by atoms with Crippen LogP contribution in [0.3, 0.4) is 0 Å². The first kappa shape index (κ1) is 13.7. The van der Waals surface area contributed by atoms with Crippen LogP contribution in [0.15, 0.2) is 0 Å². The summed E-state index contributed by atoms with van der Waals surface area (Å²) in [6.07, 6.45) is 4.76. The summed E-state index contributed by atoms with van der Waals surface area (Å²) in [6, 6.07) is 0. The molecule has 0 aromatic heterocycles. The van der Waals surface area contributed by atoms with Crippen molar-refractivity contribution in [3.8, 4) is 0 Å². The quantitative estimate of drug-likeness (QED) is 0.735. The summed E-state index contributed by atoms with van der Waals surface area (Å²) in [7, 11) is 0. The van der Waals surface area contributed by atoms with E-state index < -0.39 is 5.41 Å². The summed E-state index contributed by atoms with van der Waals surface area (Å²) in [5.41, 5.74) is 8.16. The number of carbonyl (C=O) groups is 1. The third kappa shape index (κ3) is 2.81. The number of carbonyl (C=O) groups excluding carboxylic acids is 1. The minimum Gasteiger partial charge on any atom is -0.392 e. The monoisotopic (exact) mass is 271 g/mol. The van der Waals surface area contributed by atoms with Crippen molar-refractivity contribution in [2.75, 3.05) is 26.3 Å². The molecule has 2 fully saturated rings. The van der Waals surface area contributed by atoms with Crippen molar-refractivity contribution in [2.45, 2.75) is 32.1 Å². The molecule has 2 aliphatic rings. The molecule has 1 saturated carbocycles. The smallest absolute Gasteiger partial charge is 0.247 e. The van der Waals surface area contributed by atoms with Crippen LogP contribution < -0.4 is 11.2 Å². The van der Waals surface area contributed by atoms with Gasteiger partial charge in [0.25, 0.3) is 0 Å². The number of nitrogens with two attached hydrogens (primary N) is 1. The number of hydrogen-bond acceptors (Lipinski definition) is 4. The van der Waals surface area contributed by atoms with E-state index in [4.69, 9.17) is 22.7 Å². The highest BCUT2D eigenvalue weighted by atomic mass is 32.1. The van der Waals surface area contributed by atoms with Crippen LogP contribution in [-0.4, -0.2) is 42.2 Å². The number of nitrogens with zero attached hydrogens (tertiary/aromatic N) is 1. The van der Waals surface area contributed by atoms with Crippen molar-refractivity contribution in [3.63, 3.8) is 0 Å². The van der Waals surface area contributed by atoms with Crippen molar-refractivity contribution in [1.29, 1.82) is 0 Å². The van der Waals surface area contributed by atoms with Gasteiger partial charge in [0.2, 0.25) is 5.91 Å². The number of rotatable bonds is 3. The number of thiocarbonyl (C=S) groups is 1. The summed E-state index contributed by atoms with van der Waals surface area (Å²) in [6.45, 7) is 2.75. The maximum Gasteiger partial charge on any atom is 0.247 e. The number of nitrogens with one attached hydrogen (secondary N) is 1. The van der Waals surface area contributed by atoms with Crippen LogP contribution in [0.25, 0.3) is 0 Å². The third-order valence-electron chi connectivity index (χ3n) is 3.88. The molecule has 0 bridgehead atoms. The van der Waals surface area contributed by atoms with E-state index in [1.807, 2.05) is 5.01 Å². The number of amides is 1. The zero-order chi connectivity index (χ0) is 13.0. The van der Waals surface area contributed by atoms with Crippen LogP contribution in [-0.2, 0) is 9.53 Å². The van der Waals surface area contributed by atoms with E-state index in [9.17, 15) is 4.79 Å². The van der Waals surface area contributed by atoms with Crippen LogP contribution in [0.4, 0.5) is 0 Å². The van der Waals surface area contributed by atoms with Gasteiger partial charge in [0.1, 0.15) is 5.41 Å². The van der Waals surface area contributed by atoms with Crippen LogP contribution in [0.2, 0.25) is 0 Å². The minimum atomic E-state index is -0.633. The molecule has 0 aromatic carbocycles. The molecule has 1 aliphatic carbocycles. The SMILES string of the molecule is NC(=S)C1(C(=O)NN2CCOCC2)CCCCC1. The van der Waals surface area contributed by atoms with Crippen molar-refractivity contribution in [2.24, 2.45) is 11.1 Å². The van der Waals surface area contributed by atoms with Crippen molar-refractivity contribution < 1.29 is 9.53 Å². The molecule has 102 valence electrons. The molecule has 3 N–H and O–H groups in total. The van der Waals surface area contributed by atoms with Crippen molar-refractivity contribution >= 4 is 23.1 Å². The second-order valence-corrected chi connectivity index (χ2v) is 5.49. The zero-order valence-electron chi connectivity index (χ0n) is 10.6. The first-order chi connectivity index (χ1) is 8.65. The Kier molecular flexibility index (Phi) is 4.53. The van der Waals surface area contributed by atoms with Gasteiger partial charge in [-0.15, -0.1) is 0 Å². The Labute approximate surface area is 113 Å². The lowest BCUT2D eigenvalue weighted by molar-refractivity contribution is -0.136. The maximum atomic E-state index is 12.5. The van der Waals surface area contributed by atoms with E-state index in [1.165, 1.54) is 0 Å². The lowest BCUT2D eigenvalue weighted by Gasteiger charge is -2.37. The van der Waals surface area contributed by atoms with Gasteiger partial charge < -0.3 is 10.5 Å². The maximum absolute atomic E-state index is 12.5. The topological polar surface area (TPSA) is 67.6 Å². The predicted molar refractivity (Wildman–Crippen MR) is 72.8 cm³/mol.